The van der Waals surface area contributed by atoms with E-state index in [0.29, 0.717) is 5.92 Å². The molecule has 0 aliphatic rings. The van der Waals surface area contributed by atoms with Crippen LogP contribution in [0.5, 0.6) is 0 Å². The van der Waals surface area contributed by atoms with Crippen LogP contribution in [0.4, 0.5) is 0 Å². The highest BCUT2D eigenvalue weighted by Gasteiger charge is 2.06. The lowest BCUT2D eigenvalue weighted by molar-refractivity contribution is 0.487. The number of halogens is 1. The molecule has 2 N–H and O–H groups in total. The van der Waals surface area contributed by atoms with Crippen molar-refractivity contribution in [3.05, 3.63) is 33.4 Å². The molecule has 0 radical (unpaired) electrons. The van der Waals surface area contributed by atoms with Gasteiger partial charge < -0.3 is 5.73 Å². The van der Waals surface area contributed by atoms with Crippen molar-refractivity contribution in [3.8, 4) is 0 Å². The molecule has 0 fully saturated rings. The molecule has 0 saturated heterocycles. The lowest BCUT2D eigenvalue weighted by atomic mass is 9.95. The van der Waals surface area contributed by atoms with Gasteiger partial charge in [0.25, 0.3) is 0 Å². The van der Waals surface area contributed by atoms with Crippen molar-refractivity contribution in [1.29, 1.82) is 0 Å². The predicted molar refractivity (Wildman–Crippen MR) is 70.3 cm³/mol. The molecule has 1 unspecified atom stereocenters. The Bertz CT molecular complexity index is 256. The maximum atomic E-state index is 5.74. The first-order valence-corrected chi connectivity index (χ1v) is 6.28. The average Bonchev–Trinajstić information content (AvgIpc) is 2.20. The van der Waals surface area contributed by atoms with Gasteiger partial charge in [-0.3, -0.25) is 0 Å². The van der Waals surface area contributed by atoms with Gasteiger partial charge in [0.15, 0.2) is 0 Å². The normalized spacial score (nSPS) is 12.8. The highest BCUT2D eigenvalue weighted by atomic mass is 127. The SMILES string of the molecule is CCCC(CN)Cc1ccc(I)cc1. The van der Waals surface area contributed by atoms with Crippen molar-refractivity contribution in [2.24, 2.45) is 11.7 Å². The summed E-state index contributed by atoms with van der Waals surface area (Å²) in [5.74, 6) is 0.653. The summed E-state index contributed by atoms with van der Waals surface area (Å²) >= 11 is 2.33. The second kappa shape index (κ2) is 6.40. The average molecular weight is 303 g/mol. The molecule has 14 heavy (non-hydrogen) atoms. The van der Waals surface area contributed by atoms with E-state index in [2.05, 4.69) is 53.8 Å². The van der Waals surface area contributed by atoms with Crippen molar-refractivity contribution in [3.63, 3.8) is 0 Å². The monoisotopic (exact) mass is 303 g/mol. The first kappa shape index (κ1) is 12.0. The van der Waals surface area contributed by atoms with E-state index in [1.54, 1.807) is 0 Å². The van der Waals surface area contributed by atoms with Crippen LogP contribution in [0.3, 0.4) is 0 Å². The minimum absolute atomic E-state index is 0.653. The van der Waals surface area contributed by atoms with Crippen LogP contribution in [0.1, 0.15) is 25.3 Å². The molecule has 1 atom stereocenters. The highest BCUT2D eigenvalue weighted by Crippen LogP contribution is 2.14. The third-order valence-electron chi connectivity index (χ3n) is 2.47. The highest BCUT2D eigenvalue weighted by molar-refractivity contribution is 14.1. The topological polar surface area (TPSA) is 26.0 Å². The Labute approximate surface area is 100 Å². The van der Waals surface area contributed by atoms with Gasteiger partial charge in [0.2, 0.25) is 0 Å². The van der Waals surface area contributed by atoms with E-state index < -0.39 is 0 Å². The van der Waals surface area contributed by atoms with Gasteiger partial charge in [-0.15, -0.1) is 0 Å². The van der Waals surface area contributed by atoms with Crippen molar-refractivity contribution in [2.75, 3.05) is 6.54 Å². The van der Waals surface area contributed by atoms with Gasteiger partial charge in [-0.2, -0.15) is 0 Å². The molecular weight excluding hydrogens is 285 g/mol. The van der Waals surface area contributed by atoms with Crippen molar-refractivity contribution in [2.45, 2.75) is 26.2 Å². The van der Waals surface area contributed by atoms with Gasteiger partial charge in [0.05, 0.1) is 0 Å². The van der Waals surface area contributed by atoms with Crippen LogP contribution in [0.25, 0.3) is 0 Å². The summed E-state index contributed by atoms with van der Waals surface area (Å²) in [6.45, 7) is 3.02. The van der Waals surface area contributed by atoms with E-state index >= 15 is 0 Å². The van der Waals surface area contributed by atoms with Gasteiger partial charge in [0.1, 0.15) is 0 Å². The standard InChI is InChI=1S/C12H18IN/c1-2-3-11(9-14)8-10-4-6-12(13)7-5-10/h4-7,11H,2-3,8-9,14H2,1H3. The molecule has 1 rings (SSSR count). The minimum Gasteiger partial charge on any atom is -0.330 e. The zero-order valence-corrected chi connectivity index (χ0v) is 10.8. The maximum absolute atomic E-state index is 5.74. The summed E-state index contributed by atoms with van der Waals surface area (Å²) in [6.07, 6.45) is 3.59. The fraction of sp³-hybridized carbons (Fsp3) is 0.500. The molecule has 0 saturated carbocycles. The summed E-state index contributed by atoms with van der Waals surface area (Å²) in [5, 5.41) is 0. The summed E-state index contributed by atoms with van der Waals surface area (Å²) in [4.78, 5) is 0. The Balaban J connectivity index is 2.53. The van der Waals surface area contributed by atoms with Gasteiger partial charge in [-0.25, -0.2) is 0 Å². The maximum Gasteiger partial charge on any atom is 0.0130 e. The van der Waals surface area contributed by atoms with E-state index in [4.69, 9.17) is 5.73 Å². The molecule has 1 aromatic rings. The summed E-state index contributed by atoms with van der Waals surface area (Å²) in [6, 6.07) is 8.74. The summed E-state index contributed by atoms with van der Waals surface area (Å²) < 4.78 is 1.30. The third kappa shape index (κ3) is 3.96. The molecule has 1 aromatic carbocycles. The Morgan fingerprint density at radius 1 is 1.29 bits per heavy atom. The van der Waals surface area contributed by atoms with Crippen LogP contribution in [-0.4, -0.2) is 6.54 Å². The van der Waals surface area contributed by atoms with E-state index in [1.807, 2.05) is 0 Å². The molecule has 2 heteroatoms. The van der Waals surface area contributed by atoms with E-state index in [-0.39, 0.29) is 0 Å². The molecular formula is C12H18IN. The number of hydrogen-bond acceptors (Lipinski definition) is 1. The van der Waals surface area contributed by atoms with Crippen molar-refractivity contribution >= 4 is 22.6 Å². The first-order valence-electron chi connectivity index (χ1n) is 5.20. The Morgan fingerprint density at radius 2 is 1.93 bits per heavy atom. The Kier molecular flexibility index (Phi) is 5.48. The number of rotatable bonds is 5. The van der Waals surface area contributed by atoms with Gasteiger partial charge in [-0.05, 0) is 65.6 Å². The number of hydrogen-bond donors (Lipinski definition) is 1. The van der Waals surface area contributed by atoms with Gasteiger partial charge in [0, 0.05) is 3.57 Å². The van der Waals surface area contributed by atoms with Gasteiger partial charge >= 0.3 is 0 Å². The van der Waals surface area contributed by atoms with Gasteiger partial charge in [-0.1, -0.05) is 25.5 Å². The third-order valence-corrected chi connectivity index (χ3v) is 3.19. The van der Waals surface area contributed by atoms with Crippen molar-refractivity contribution in [1.82, 2.24) is 0 Å². The van der Waals surface area contributed by atoms with Crippen LogP contribution in [0.2, 0.25) is 0 Å². The molecule has 0 spiro atoms. The quantitative estimate of drug-likeness (QED) is 0.831. The van der Waals surface area contributed by atoms with Crippen LogP contribution < -0.4 is 5.73 Å². The molecule has 0 aliphatic carbocycles. The fourth-order valence-electron chi connectivity index (χ4n) is 1.67. The van der Waals surface area contributed by atoms with Crippen molar-refractivity contribution < 1.29 is 0 Å². The number of benzene rings is 1. The predicted octanol–water partition coefficient (Wildman–Crippen LogP) is 3.21. The van der Waals surface area contributed by atoms with E-state index in [1.165, 1.54) is 22.0 Å². The molecule has 0 aromatic heterocycles. The fourth-order valence-corrected chi connectivity index (χ4v) is 2.02. The lowest BCUT2D eigenvalue weighted by Gasteiger charge is -2.13. The second-order valence-electron chi connectivity index (χ2n) is 3.72. The number of nitrogens with two attached hydrogens (primary N) is 1. The Hall–Kier alpha value is -0.0900. The molecule has 0 bridgehead atoms. The van der Waals surface area contributed by atoms with Crippen LogP contribution in [0, 0.1) is 9.49 Å². The van der Waals surface area contributed by atoms with E-state index in [0.717, 1.165) is 13.0 Å². The smallest absolute Gasteiger partial charge is 0.0130 e. The van der Waals surface area contributed by atoms with Crippen LogP contribution in [-0.2, 0) is 6.42 Å². The zero-order chi connectivity index (χ0) is 10.4. The lowest BCUT2D eigenvalue weighted by Crippen LogP contribution is -2.16. The first-order chi connectivity index (χ1) is 6.76. The molecule has 0 amide bonds. The molecule has 78 valence electrons. The molecule has 0 heterocycles. The molecule has 0 aliphatic heterocycles. The minimum atomic E-state index is 0.653. The van der Waals surface area contributed by atoms with E-state index in [9.17, 15) is 0 Å². The van der Waals surface area contributed by atoms with Crippen LogP contribution in [0.15, 0.2) is 24.3 Å². The molecule has 1 nitrogen and oxygen atoms in total. The zero-order valence-electron chi connectivity index (χ0n) is 8.67. The summed E-state index contributed by atoms with van der Waals surface area (Å²) in [5.41, 5.74) is 7.15. The summed E-state index contributed by atoms with van der Waals surface area (Å²) in [7, 11) is 0. The largest absolute Gasteiger partial charge is 0.330 e. The Morgan fingerprint density at radius 3 is 2.43 bits per heavy atom. The van der Waals surface area contributed by atoms with Crippen LogP contribution >= 0.6 is 22.6 Å². The second-order valence-corrected chi connectivity index (χ2v) is 4.97.